The minimum atomic E-state index is -0.0349. The van der Waals surface area contributed by atoms with E-state index in [-0.39, 0.29) is 5.91 Å². The van der Waals surface area contributed by atoms with Crippen LogP contribution in [0, 0.1) is 6.92 Å². The molecule has 16 heavy (non-hydrogen) atoms. The van der Waals surface area contributed by atoms with Crippen molar-refractivity contribution in [3.63, 3.8) is 0 Å². The number of rotatable bonds is 2. The maximum atomic E-state index is 11.4. The van der Waals surface area contributed by atoms with Crippen LogP contribution in [-0.2, 0) is 11.2 Å². The third-order valence-corrected chi connectivity index (χ3v) is 2.55. The van der Waals surface area contributed by atoms with Crippen LogP contribution in [0.1, 0.15) is 11.4 Å². The Hall–Kier alpha value is -2.04. The molecule has 2 rings (SSSR count). The molecule has 0 radical (unpaired) electrons. The van der Waals surface area contributed by atoms with Crippen LogP contribution in [0.5, 0.6) is 0 Å². The van der Waals surface area contributed by atoms with Gasteiger partial charge >= 0.3 is 0 Å². The first kappa shape index (κ1) is 10.5. The molecule has 1 amide bonds. The molecule has 0 aliphatic carbocycles. The van der Waals surface area contributed by atoms with E-state index >= 15 is 0 Å². The number of likely N-dealkylation sites (N-methyl/N-ethyl adjacent to an activating group) is 1. The number of imidazole rings is 1. The fourth-order valence-electron chi connectivity index (χ4n) is 1.68. The lowest BCUT2D eigenvalue weighted by Gasteiger charge is -2.03. The van der Waals surface area contributed by atoms with Crippen molar-refractivity contribution in [1.82, 2.24) is 14.7 Å². The molecular weight excluding hydrogens is 204 g/mol. The largest absolute Gasteiger partial charge is 0.398 e. The van der Waals surface area contributed by atoms with Gasteiger partial charge in [0, 0.05) is 18.9 Å². The summed E-state index contributed by atoms with van der Waals surface area (Å²) >= 11 is 0. The number of hydrogen-bond donors (Lipinski definition) is 2. The predicted octanol–water partition coefficient (Wildman–Crippen LogP) is 0.513. The zero-order valence-corrected chi connectivity index (χ0v) is 9.32. The van der Waals surface area contributed by atoms with Gasteiger partial charge in [0.05, 0.1) is 17.8 Å². The van der Waals surface area contributed by atoms with Crippen LogP contribution in [-0.4, -0.2) is 22.3 Å². The lowest BCUT2D eigenvalue weighted by atomic mass is 10.2. The Balaban J connectivity index is 2.54. The van der Waals surface area contributed by atoms with E-state index in [4.69, 9.17) is 5.73 Å². The second kappa shape index (κ2) is 3.84. The molecule has 2 heterocycles. The predicted molar refractivity (Wildman–Crippen MR) is 62.1 cm³/mol. The van der Waals surface area contributed by atoms with Gasteiger partial charge in [0.15, 0.2) is 0 Å². The number of amides is 1. The van der Waals surface area contributed by atoms with E-state index in [1.807, 2.05) is 17.4 Å². The first-order valence-electron chi connectivity index (χ1n) is 5.05. The van der Waals surface area contributed by atoms with E-state index in [0.717, 1.165) is 17.0 Å². The van der Waals surface area contributed by atoms with E-state index < -0.39 is 0 Å². The highest BCUT2D eigenvalue weighted by atomic mass is 16.1. The van der Waals surface area contributed by atoms with Gasteiger partial charge in [-0.15, -0.1) is 0 Å². The van der Waals surface area contributed by atoms with Gasteiger partial charge in [-0.05, 0) is 19.1 Å². The lowest BCUT2D eigenvalue weighted by molar-refractivity contribution is -0.120. The zero-order valence-electron chi connectivity index (χ0n) is 9.32. The number of aromatic nitrogens is 2. The average molecular weight is 218 g/mol. The molecule has 2 aromatic heterocycles. The van der Waals surface area contributed by atoms with Gasteiger partial charge in [-0.3, -0.25) is 4.79 Å². The highest BCUT2D eigenvalue weighted by Gasteiger charge is 2.11. The molecule has 0 saturated carbocycles. The summed E-state index contributed by atoms with van der Waals surface area (Å²) < 4.78 is 1.86. The smallest absolute Gasteiger partial charge is 0.225 e. The minimum Gasteiger partial charge on any atom is -0.398 e. The first-order chi connectivity index (χ1) is 7.61. The van der Waals surface area contributed by atoms with E-state index in [9.17, 15) is 4.79 Å². The van der Waals surface area contributed by atoms with Crippen molar-refractivity contribution >= 4 is 17.2 Å². The summed E-state index contributed by atoms with van der Waals surface area (Å²) in [6.45, 7) is 1.89. The van der Waals surface area contributed by atoms with Crippen LogP contribution >= 0.6 is 0 Å². The van der Waals surface area contributed by atoms with Gasteiger partial charge in [0.1, 0.15) is 5.65 Å². The minimum absolute atomic E-state index is 0.0349. The molecule has 84 valence electrons. The Kier molecular flexibility index (Phi) is 2.52. The topological polar surface area (TPSA) is 72.4 Å². The van der Waals surface area contributed by atoms with Gasteiger partial charge in [-0.2, -0.15) is 0 Å². The molecule has 0 bridgehead atoms. The van der Waals surface area contributed by atoms with Gasteiger partial charge in [-0.1, -0.05) is 0 Å². The third-order valence-electron chi connectivity index (χ3n) is 2.55. The van der Waals surface area contributed by atoms with Gasteiger partial charge in [-0.25, -0.2) is 4.98 Å². The number of hydrogen-bond acceptors (Lipinski definition) is 3. The first-order valence-corrected chi connectivity index (χ1v) is 5.05. The van der Waals surface area contributed by atoms with E-state index in [0.29, 0.717) is 12.1 Å². The molecule has 3 N–H and O–H groups in total. The third kappa shape index (κ3) is 1.71. The Morgan fingerprint density at radius 3 is 3.00 bits per heavy atom. The number of carbonyl (C=O) groups excluding carboxylic acids is 1. The molecule has 0 saturated heterocycles. The average Bonchev–Trinajstić information content (AvgIpc) is 2.55. The number of aryl methyl sites for hydroxylation is 1. The van der Waals surface area contributed by atoms with Crippen molar-refractivity contribution in [2.75, 3.05) is 12.8 Å². The second-order valence-corrected chi connectivity index (χ2v) is 3.68. The molecule has 0 spiro atoms. The molecule has 0 fully saturated rings. The molecule has 0 aliphatic heterocycles. The highest BCUT2D eigenvalue weighted by Crippen LogP contribution is 2.14. The summed E-state index contributed by atoms with van der Waals surface area (Å²) in [5.41, 5.74) is 8.91. The fourth-order valence-corrected chi connectivity index (χ4v) is 1.68. The van der Waals surface area contributed by atoms with Crippen LogP contribution in [0.3, 0.4) is 0 Å². The fraction of sp³-hybridized carbons (Fsp3) is 0.273. The van der Waals surface area contributed by atoms with E-state index in [1.165, 1.54) is 0 Å². The Morgan fingerprint density at radius 1 is 1.56 bits per heavy atom. The van der Waals surface area contributed by atoms with Crippen LogP contribution in [0.2, 0.25) is 0 Å². The van der Waals surface area contributed by atoms with Crippen molar-refractivity contribution < 1.29 is 4.79 Å². The number of nitrogens with two attached hydrogens (primary N) is 1. The van der Waals surface area contributed by atoms with Crippen LogP contribution in [0.4, 0.5) is 5.69 Å². The summed E-state index contributed by atoms with van der Waals surface area (Å²) in [6.07, 6.45) is 2.10. The molecule has 0 atom stereocenters. The maximum Gasteiger partial charge on any atom is 0.225 e. The molecule has 2 aromatic rings. The Bertz CT molecular complexity index is 544. The van der Waals surface area contributed by atoms with Crippen LogP contribution in [0.25, 0.3) is 5.65 Å². The summed E-state index contributed by atoms with van der Waals surface area (Å²) in [5.74, 6) is -0.0349. The summed E-state index contributed by atoms with van der Waals surface area (Å²) in [7, 11) is 1.62. The summed E-state index contributed by atoms with van der Waals surface area (Å²) in [5, 5.41) is 2.60. The number of nitrogens with one attached hydrogen (secondary N) is 1. The van der Waals surface area contributed by atoms with Crippen LogP contribution in [0.15, 0.2) is 18.3 Å². The monoisotopic (exact) mass is 218 g/mol. The Labute approximate surface area is 93.3 Å². The molecule has 5 nitrogen and oxygen atoms in total. The molecule has 0 aliphatic rings. The highest BCUT2D eigenvalue weighted by molar-refractivity contribution is 5.78. The lowest BCUT2D eigenvalue weighted by Crippen LogP contribution is -2.21. The zero-order chi connectivity index (χ0) is 11.7. The molecular formula is C11H14N4O. The van der Waals surface area contributed by atoms with Crippen LogP contribution < -0.4 is 11.1 Å². The number of nitrogen functional groups attached to an aromatic ring is 1. The molecule has 0 unspecified atom stereocenters. The summed E-state index contributed by atoms with van der Waals surface area (Å²) in [4.78, 5) is 15.7. The number of nitrogens with zero attached hydrogens (tertiary/aromatic N) is 2. The molecule has 5 heteroatoms. The van der Waals surface area contributed by atoms with Crippen molar-refractivity contribution in [3.05, 3.63) is 29.7 Å². The van der Waals surface area contributed by atoms with Crippen molar-refractivity contribution in [2.24, 2.45) is 0 Å². The Morgan fingerprint density at radius 2 is 2.31 bits per heavy atom. The maximum absolute atomic E-state index is 11.4. The standard InChI is InChI=1S/C11H14N4O/c1-7-9(5-11(16)13-2)15-6-8(12)3-4-10(15)14-7/h3-4,6H,5,12H2,1-2H3,(H,13,16). The summed E-state index contributed by atoms with van der Waals surface area (Å²) in [6, 6.07) is 3.64. The number of pyridine rings is 1. The van der Waals surface area contributed by atoms with Crippen molar-refractivity contribution in [3.8, 4) is 0 Å². The number of fused-ring (bicyclic) bond motifs is 1. The van der Waals surface area contributed by atoms with Gasteiger partial charge in [0.2, 0.25) is 5.91 Å². The normalized spacial score (nSPS) is 10.6. The number of carbonyl (C=O) groups is 1. The van der Waals surface area contributed by atoms with Crippen molar-refractivity contribution in [2.45, 2.75) is 13.3 Å². The quantitative estimate of drug-likeness (QED) is 0.771. The molecule has 0 aromatic carbocycles. The van der Waals surface area contributed by atoms with Crippen molar-refractivity contribution in [1.29, 1.82) is 0 Å². The van der Waals surface area contributed by atoms with Gasteiger partial charge in [0.25, 0.3) is 0 Å². The van der Waals surface area contributed by atoms with E-state index in [1.54, 1.807) is 19.3 Å². The SMILES string of the molecule is CNC(=O)Cc1c(C)nc2ccc(N)cn12. The van der Waals surface area contributed by atoms with E-state index in [2.05, 4.69) is 10.3 Å². The number of anilines is 1. The van der Waals surface area contributed by atoms with Gasteiger partial charge < -0.3 is 15.5 Å². The second-order valence-electron chi connectivity index (χ2n) is 3.68.